The number of nitrogens with zero attached hydrogens (tertiary/aromatic N) is 1. The Hall–Kier alpha value is -1.65. The Morgan fingerprint density at radius 1 is 1.30 bits per heavy atom. The Morgan fingerprint density at radius 3 is 2.25 bits per heavy atom. The average molecular weight is 300 g/mol. The number of hydrogen-bond donors (Lipinski definition) is 0. The highest BCUT2D eigenvalue weighted by Gasteiger charge is 1.99. The van der Waals surface area contributed by atoms with Gasteiger partial charge < -0.3 is 9.64 Å². The van der Waals surface area contributed by atoms with Crippen LogP contribution < -0.4 is 0 Å². The third-order valence-electron chi connectivity index (χ3n) is 1.97. The van der Waals surface area contributed by atoms with Gasteiger partial charge in [-0.3, -0.25) is 4.79 Å². The number of benzene rings is 1. The van der Waals surface area contributed by atoms with E-state index in [1.807, 2.05) is 6.07 Å². The molecule has 0 saturated heterocycles. The van der Waals surface area contributed by atoms with Crippen LogP contribution in [0.4, 0.5) is 0 Å². The van der Waals surface area contributed by atoms with E-state index in [1.54, 1.807) is 0 Å². The molecule has 0 atom stereocenters. The molecule has 0 aliphatic heterocycles. The predicted octanol–water partition coefficient (Wildman–Crippen LogP) is 2.47. The van der Waals surface area contributed by atoms with Crippen molar-refractivity contribution in [3.63, 3.8) is 0 Å². The molecule has 1 rings (SSSR count). The van der Waals surface area contributed by atoms with Crippen LogP contribution in [0.3, 0.4) is 0 Å². The van der Waals surface area contributed by atoms with Gasteiger partial charge >= 0.3 is 5.97 Å². The summed E-state index contributed by atoms with van der Waals surface area (Å²) >= 11 is 0. The minimum atomic E-state index is -0.526. The molecule has 0 aromatic heterocycles. The van der Waals surface area contributed by atoms with E-state index < -0.39 is 5.97 Å². The number of carbonyl (C=O) groups excluding carboxylic acids is 2. The van der Waals surface area contributed by atoms with E-state index in [-0.39, 0.29) is 19.0 Å². The SMILES string of the molecule is C=C(C)C(=O)OCC=O.CN(C)Cc1ccccc1.Cl. The molecule has 0 heterocycles. The van der Waals surface area contributed by atoms with E-state index >= 15 is 0 Å². The van der Waals surface area contributed by atoms with Crippen molar-refractivity contribution in [2.75, 3.05) is 20.7 Å². The maximum absolute atomic E-state index is 10.4. The van der Waals surface area contributed by atoms with E-state index in [1.165, 1.54) is 12.5 Å². The zero-order valence-electron chi connectivity index (χ0n) is 12.2. The van der Waals surface area contributed by atoms with Crippen molar-refractivity contribution in [3.8, 4) is 0 Å². The molecule has 20 heavy (non-hydrogen) atoms. The number of ether oxygens (including phenoxy) is 1. The number of halogens is 1. The lowest BCUT2D eigenvalue weighted by Gasteiger charge is -2.08. The minimum Gasteiger partial charge on any atom is -0.455 e. The predicted molar refractivity (Wildman–Crippen MR) is 82.9 cm³/mol. The van der Waals surface area contributed by atoms with Crippen LogP contribution in [0, 0.1) is 0 Å². The lowest BCUT2D eigenvalue weighted by atomic mass is 10.2. The molecule has 0 aliphatic rings. The van der Waals surface area contributed by atoms with E-state index in [0.29, 0.717) is 11.9 Å². The molecule has 0 spiro atoms. The standard InChI is InChI=1S/C9H13N.C6H8O3.ClH/c1-10(2)8-9-6-4-3-5-7-9;1-5(2)6(8)9-4-3-7;/h3-7H,8H2,1-2H3;3H,1,4H2,2H3;1H. The normalized spacial score (nSPS) is 8.80. The Balaban J connectivity index is 0. The van der Waals surface area contributed by atoms with Gasteiger partial charge in [0.25, 0.3) is 0 Å². The molecular weight excluding hydrogens is 278 g/mol. The molecule has 0 bridgehead atoms. The van der Waals surface area contributed by atoms with Gasteiger partial charge in [0.05, 0.1) is 0 Å². The van der Waals surface area contributed by atoms with Gasteiger partial charge in [-0.05, 0) is 26.6 Å². The first-order valence-corrected chi connectivity index (χ1v) is 5.92. The van der Waals surface area contributed by atoms with Crippen LogP contribution in [0.5, 0.6) is 0 Å². The van der Waals surface area contributed by atoms with Crippen molar-refractivity contribution in [2.45, 2.75) is 13.5 Å². The molecule has 1 aromatic rings. The van der Waals surface area contributed by atoms with Crippen LogP contribution in [-0.2, 0) is 20.9 Å². The second-order valence-corrected chi connectivity index (χ2v) is 4.27. The molecule has 0 aliphatic carbocycles. The summed E-state index contributed by atoms with van der Waals surface area (Å²) in [6.07, 6.45) is 0.515. The highest BCUT2D eigenvalue weighted by atomic mass is 35.5. The van der Waals surface area contributed by atoms with Gasteiger partial charge in [-0.1, -0.05) is 36.9 Å². The van der Waals surface area contributed by atoms with Crippen LogP contribution >= 0.6 is 12.4 Å². The van der Waals surface area contributed by atoms with Gasteiger partial charge in [0.1, 0.15) is 6.61 Å². The topological polar surface area (TPSA) is 46.6 Å². The fourth-order valence-corrected chi connectivity index (χ4v) is 1.18. The van der Waals surface area contributed by atoms with Crippen LogP contribution in [0.1, 0.15) is 12.5 Å². The molecule has 112 valence electrons. The Kier molecular flexibility index (Phi) is 12.8. The van der Waals surface area contributed by atoms with Crippen LogP contribution in [0.25, 0.3) is 0 Å². The third kappa shape index (κ3) is 11.4. The molecule has 0 amide bonds. The summed E-state index contributed by atoms with van der Waals surface area (Å²) < 4.78 is 4.35. The van der Waals surface area contributed by atoms with Crippen molar-refractivity contribution < 1.29 is 14.3 Å². The number of carbonyl (C=O) groups is 2. The first kappa shape index (κ1) is 20.7. The van der Waals surface area contributed by atoms with Gasteiger partial charge in [0.15, 0.2) is 6.29 Å². The van der Waals surface area contributed by atoms with E-state index in [0.717, 1.165) is 6.54 Å². The number of aldehydes is 1. The second-order valence-electron chi connectivity index (χ2n) is 4.27. The van der Waals surface area contributed by atoms with Crippen molar-refractivity contribution in [3.05, 3.63) is 48.0 Å². The van der Waals surface area contributed by atoms with Crippen LogP contribution in [0.2, 0.25) is 0 Å². The molecule has 0 saturated carbocycles. The summed E-state index contributed by atoms with van der Waals surface area (Å²) in [5, 5.41) is 0. The fourth-order valence-electron chi connectivity index (χ4n) is 1.18. The highest BCUT2D eigenvalue weighted by molar-refractivity contribution is 5.87. The lowest BCUT2D eigenvalue weighted by molar-refractivity contribution is -0.141. The van der Waals surface area contributed by atoms with Gasteiger partial charge in [0, 0.05) is 12.1 Å². The number of rotatable bonds is 5. The molecule has 0 fully saturated rings. The van der Waals surface area contributed by atoms with E-state index in [2.05, 4.69) is 54.6 Å². The number of esters is 1. The van der Waals surface area contributed by atoms with Crippen LogP contribution in [0.15, 0.2) is 42.5 Å². The molecule has 5 heteroatoms. The summed E-state index contributed by atoms with van der Waals surface area (Å²) in [6, 6.07) is 10.5. The molecule has 1 aromatic carbocycles. The Morgan fingerprint density at radius 2 is 1.85 bits per heavy atom. The third-order valence-corrected chi connectivity index (χ3v) is 1.97. The monoisotopic (exact) mass is 299 g/mol. The summed E-state index contributed by atoms with van der Waals surface area (Å²) in [4.78, 5) is 22.2. The van der Waals surface area contributed by atoms with Gasteiger partial charge in [-0.25, -0.2) is 4.79 Å². The summed E-state index contributed by atoms with van der Waals surface area (Å²) in [5.74, 6) is -0.526. The molecular formula is C15H22ClNO3. The highest BCUT2D eigenvalue weighted by Crippen LogP contribution is 1.99. The average Bonchev–Trinajstić information content (AvgIpc) is 2.37. The Labute approximate surface area is 126 Å². The number of hydrogen-bond acceptors (Lipinski definition) is 4. The maximum Gasteiger partial charge on any atom is 0.333 e. The van der Waals surface area contributed by atoms with Gasteiger partial charge in [-0.2, -0.15) is 0 Å². The lowest BCUT2D eigenvalue weighted by Crippen LogP contribution is -2.10. The molecule has 0 radical (unpaired) electrons. The van der Waals surface area contributed by atoms with E-state index in [9.17, 15) is 9.59 Å². The minimum absolute atomic E-state index is 0. The molecule has 0 N–H and O–H groups in total. The Bertz CT molecular complexity index is 405. The zero-order chi connectivity index (χ0) is 14.7. The molecule has 0 unspecified atom stereocenters. The summed E-state index contributed by atoms with van der Waals surface area (Å²) in [7, 11) is 4.15. The smallest absolute Gasteiger partial charge is 0.333 e. The maximum atomic E-state index is 10.4. The first-order valence-electron chi connectivity index (χ1n) is 5.92. The van der Waals surface area contributed by atoms with Crippen molar-refractivity contribution in [1.29, 1.82) is 0 Å². The fraction of sp³-hybridized carbons (Fsp3) is 0.333. The first-order chi connectivity index (χ1) is 8.97. The van der Waals surface area contributed by atoms with E-state index in [4.69, 9.17) is 0 Å². The summed E-state index contributed by atoms with van der Waals surface area (Å²) in [5.41, 5.74) is 1.67. The second kappa shape index (κ2) is 12.4. The van der Waals surface area contributed by atoms with Gasteiger partial charge in [0.2, 0.25) is 0 Å². The largest absolute Gasteiger partial charge is 0.455 e. The zero-order valence-corrected chi connectivity index (χ0v) is 13.0. The van der Waals surface area contributed by atoms with Crippen molar-refractivity contribution >= 4 is 24.7 Å². The van der Waals surface area contributed by atoms with Gasteiger partial charge in [-0.15, -0.1) is 12.4 Å². The van der Waals surface area contributed by atoms with Crippen molar-refractivity contribution in [1.82, 2.24) is 4.90 Å². The summed E-state index contributed by atoms with van der Waals surface area (Å²) in [6.45, 7) is 5.68. The van der Waals surface area contributed by atoms with Crippen LogP contribution in [-0.4, -0.2) is 37.9 Å². The molecule has 4 nitrogen and oxygen atoms in total. The quantitative estimate of drug-likeness (QED) is 0.476. The van der Waals surface area contributed by atoms with Crippen molar-refractivity contribution in [2.24, 2.45) is 0 Å².